The zero-order chi connectivity index (χ0) is 19.7. The van der Waals surface area contributed by atoms with Gasteiger partial charge in [-0.1, -0.05) is 106 Å². The largest absolute Gasteiger partial charge is 0.494 e. The first-order chi connectivity index (χ1) is 13.4. The Morgan fingerprint density at radius 2 is 1.07 bits per heavy atom. The van der Waals surface area contributed by atoms with Crippen LogP contribution >= 0.6 is 44.8 Å². The van der Waals surface area contributed by atoms with Gasteiger partial charge in [0.1, 0.15) is 0 Å². The molecule has 1 nitrogen and oxygen atoms in total. The van der Waals surface area contributed by atoms with E-state index >= 15 is 0 Å². The first-order valence-electron chi connectivity index (χ1n) is 8.77. The lowest BCUT2D eigenvalue weighted by Gasteiger charge is -2.27. The van der Waals surface area contributed by atoms with Crippen LogP contribution in [0.3, 0.4) is 0 Å². The SMILES string of the molecule is Cl[C@H](c1ccc2ccccc2c1)[C@H](O[Si](Cl)(Cl)Cl)c1ccc2ccccc2c1. The molecule has 0 spiro atoms. The minimum atomic E-state index is -3.39. The second kappa shape index (κ2) is 8.23. The molecule has 142 valence electrons. The van der Waals surface area contributed by atoms with Gasteiger partial charge in [0.25, 0.3) is 0 Å². The van der Waals surface area contributed by atoms with Crippen LogP contribution in [0.15, 0.2) is 84.9 Å². The van der Waals surface area contributed by atoms with Gasteiger partial charge in [0, 0.05) is 0 Å². The molecule has 4 aromatic rings. The van der Waals surface area contributed by atoms with Crippen molar-refractivity contribution >= 4 is 72.6 Å². The first-order valence-corrected chi connectivity index (χ1v) is 14.1. The molecule has 28 heavy (non-hydrogen) atoms. The molecule has 0 amide bonds. The topological polar surface area (TPSA) is 9.23 Å². The molecule has 0 aliphatic heterocycles. The van der Waals surface area contributed by atoms with Crippen molar-refractivity contribution in [3.63, 3.8) is 0 Å². The zero-order valence-electron chi connectivity index (χ0n) is 14.7. The zero-order valence-corrected chi connectivity index (χ0v) is 18.7. The molecule has 2 atom stereocenters. The number of benzene rings is 4. The minimum absolute atomic E-state index is 0.506. The monoisotopic (exact) mass is 464 g/mol. The maximum atomic E-state index is 6.89. The van der Waals surface area contributed by atoms with Gasteiger partial charge in [0.2, 0.25) is 0 Å². The van der Waals surface area contributed by atoms with E-state index in [2.05, 4.69) is 24.3 Å². The molecule has 0 radical (unpaired) electrons. The number of halogens is 4. The molecule has 0 unspecified atom stereocenters. The second-order valence-electron chi connectivity index (χ2n) is 6.60. The summed E-state index contributed by atoms with van der Waals surface area (Å²) in [6.07, 6.45) is -3.96. The Hall–Kier alpha value is -1.26. The highest BCUT2D eigenvalue weighted by Crippen LogP contribution is 2.43. The highest BCUT2D eigenvalue weighted by atomic mass is 35.8. The summed E-state index contributed by atoms with van der Waals surface area (Å²) in [5.41, 5.74) is 1.80. The van der Waals surface area contributed by atoms with Crippen LogP contribution < -0.4 is 0 Å². The predicted octanol–water partition coefficient (Wildman–Crippen LogP) is 8.18. The fraction of sp³-hybridized carbons (Fsp3) is 0.0909. The summed E-state index contributed by atoms with van der Waals surface area (Å²) in [5, 5.41) is 3.96. The summed E-state index contributed by atoms with van der Waals surface area (Å²) in [4.78, 5) is 0. The van der Waals surface area contributed by atoms with Gasteiger partial charge in [-0.2, -0.15) is 0 Å². The van der Waals surface area contributed by atoms with E-state index < -0.39 is 17.7 Å². The lowest BCUT2D eigenvalue weighted by molar-refractivity contribution is 0.210. The predicted molar refractivity (Wildman–Crippen MR) is 124 cm³/mol. The molecule has 0 aliphatic rings. The highest BCUT2D eigenvalue weighted by Gasteiger charge is 2.36. The summed E-state index contributed by atoms with van der Waals surface area (Å²) < 4.78 is 5.90. The summed E-state index contributed by atoms with van der Waals surface area (Å²) in [7, 11) is 0. The molecule has 0 saturated carbocycles. The normalized spacial score (nSPS) is 14.3. The highest BCUT2D eigenvalue weighted by molar-refractivity contribution is 7.62. The lowest BCUT2D eigenvalue weighted by atomic mass is 9.97. The van der Waals surface area contributed by atoms with Crippen LogP contribution in [0.1, 0.15) is 22.6 Å². The van der Waals surface area contributed by atoms with Crippen molar-refractivity contribution in [2.75, 3.05) is 0 Å². The van der Waals surface area contributed by atoms with Crippen molar-refractivity contribution in [3.05, 3.63) is 96.1 Å². The number of hydrogen-bond acceptors (Lipinski definition) is 1. The van der Waals surface area contributed by atoms with Crippen LogP contribution in [-0.2, 0) is 4.43 Å². The van der Waals surface area contributed by atoms with E-state index in [0.29, 0.717) is 0 Å². The van der Waals surface area contributed by atoms with Crippen LogP contribution in [0, 0.1) is 0 Å². The van der Waals surface area contributed by atoms with Gasteiger partial charge in [0.15, 0.2) is 0 Å². The average Bonchev–Trinajstić information content (AvgIpc) is 2.70. The minimum Gasteiger partial charge on any atom is -0.372 e. The van der Waals surface area contributed by atoms with E-state index in [1.165, 1.54) is 0 Å². The van der Waals surface area contributed by atoms with Crippen molar-refractivity contribution in [2.45, 2.75) is 11.5 Å². The van der Waals surface area contributed by atoms with Gasteiger partial charge < -0.3 is 4.43 Å². The molecular formula is C22H16Cl4OSi. The average molecular weight is 466 g/mol. The molecule has 0 heterocycles. The molecule has 0 bridgehead atoms. The van der Waals surface area contributed by atoms with Crippen LogP contribution in [0.2, 0.25) is 0 Å². The Balaban J connectivity index is 1.77. The molecule has 0 aromatic heterocycles. The van der Waals surface area contributed by atoms with E-state index in [4.69, 9.17) is 49.3 Å². The quantitative estimate of drug-likeness (QED) is 0.164. The molecule has 6 heteroatoms. The second-order valence-corrected chi connectivity index (χ2v) is 14.7. The fourth-order valence-electron chi connectivity index (χ4n) is 3.38. The molecule has 0 saturated heterocycles. The van der Waals surface area contributed by atoms with Gasteiger partial charge in [-0.15, -0.1) is 11.6 Å². The van der Waals surface area contributed by atoms with E-state index in [1.54, 1.807) is 0 Å². The van der Waals surface area contributed by atoms with E-state index in [9.17, 15) is 0 Å². The Kier molecular flexibility index (Phi) is 5.89. The van der Waals surface area contributed by atoms with Crippen molar-refractivity contribution in [1.82, 2.24) is 0 Å². The molecule has 4 rings (SSSR count). The van der Waals surface area contributed by atoms with Crippen LogP contribution in [0.4, 0.5) is 0 Å². The van der Waals surface area contributed by atoms with Crippen LogP contribution in [-0.4, -0.2) is 6.25 Å². The number of rotatable bonds is 5. The van der Waals surface area contributed by atoms with E-state index in [-0.39, 0.29) is 0 Å². The number of fused-ring (bicyclic) bond motifs is 2. The van der Waals surface area contributed by atoms with Gasteiger partial charge in [-0.05, 0) is 44.8 Å². The smallest absolute Gasteiger partial charge is 0.372 e. The van der Waals surface area contributed by atoms with Gasteiger partial charge in [0.05, 0.1) is 11.5 Å². The standard InChI is InChI=1S/C22H16Cl4OSi/c23-21(19-11-9-15-5-1-3-7-17(15)13-19)22(27-28(24,25)26)20-12-10-16-6-2-4-8-18(16)14-20/h1-14,21-22H/t21-,22-/m1/s1. The van der Waals surface area contributed by atoms with Crippen molar-refractivity contribution < 1.29 is 4.43 Å². The van der Waals surface area contributed by atoms with Gasteiger partial charge >= 0.3 is 6.25 Å². The maximum Gasteiger partial charge on any atom is 0.494 e. The molecule has 0 N–H and O–H groups in total. The third kappa shape index (κ3) is 4.49. The molecule has 0 fully saturated rings. The van der Waals surface area contributed by atoms with E-state index in [0.717, 1.165) is 32.7 Å². The van der Waals surface area contributed by atoms with Gasteiger partial charge in [-0.3, -0.25) is 0 Å². The van der Waals surface area contributed by atoms with Crippen molar-refractivity contribution in [2.24, 2.45) is 0 Å². The summed E-state index contributed by atoms with van der Waals surface area (Å²) in [6, 6.07) is 28.4. The Morgan fingerprint density at radius 1 is 0.607 bits per heavy atom. The fourth-order valence-corrected chi connectivity index (χ4v) is 5.22. The molecular weight excluding hydrogens is 450 g/mol. The number of hydrogen-bond donors (Lipinski definition) is 0. The van der Waals surface area contributed by atoms with Gasteiger partial charge in [-0.25, -0.2) is 0 Å². The maximum absolute atomic E-state index is 6.89. The summed E-state index contributed by atoms with van der Waals surface area (Å²) >= 11 is 25.2. The Labute approximate surface area is 184 Å². The van der Waals surface area contributed by atoms with Crippen molar-refractivity contribution in [3.8, 4) is 0 Å². The third-order valence-corrected chi connectivity index (χ3v) is 6.52. The van der Waals surface area contributed by atoms with E-state index in [1.807, 2.05) is 60.7 Å². The van der Waals surface area contributed by atoms with Crippen LogP contribution in [0.25, 0.3) is 21.5 Å². The van der Waals surface area contributed by atoms with Crippen LogP contribution in [0.5, 0.6) is 0 Å². The summed E-state index contributed by atoms with van der Waals surface area (Å²) in [6.45, 7) is 0. The third-order valence-electron chi connectivity index (χ3n) is 4.72. The Bertz CT molecular complexity index is 1130. The lowest BCUT2D eigenvalue weighted by Crippen LogP contribution is -2.23. The van der Waals surface area contributed by atoms with Crippen molar-refractivity contribution in [1.29, 1.82) is 0 Å². The number of alkyl halides is 1. The molecule has 0 aliphatic carbocycles. The summed E-state index contributed by atoms with van der Waals surface area (Å²) in [5.74, 6) is 0. The molecule has 4 aromatic carbocycles. The Morgan fingerprint density at radius 3 is 1.61 bits per heavy atom. The first kappa shape index (κ1) is 20.0.